The van der Waals surface area contributed by atoms with Crippen LogP contribution in [-0.4, -0.2) is 17.9 Å². The minimum atomic E-state index is -0.802. The fourth-order valence-corrected chi connectivity index (χ4v) is 2.02. The number of hydrogen-bond acceptors (Lipinski definition) is 3. The number of aryl methyl sites for hydroxylation is 1. The van der Waals surface area contributed by atoms with Crippen LogP contribution in [0.25, 0.3) is 0 Å². The number of fused-ring (bicyclic) bond motifs is 1. The molecule has 1 aromatic rings. The van der Waals surface area contributed by atoms with Crippen LogP contribution in [0, 0.1) is 0 Å². The normalized spacial score (nSPS) is 12.9. The van der Waals surface area contributed by atoms with Crippen LogP contribution in [-0.2, 0) is 11.2 Å². The lowest BCUT2D eigenvalue weighted by Gasteiger charge is -2.03. The van der Waals surface area contributed by atoms with Gasteiger partial charge < -0.3 is 14.6 Å². The highest BCUT2D eigenvalue weighted by Gasteiger charge is 2.17. The maximum absolute atomic E-state index is 10.4. The summed E-state index contributed by atoms with van der Waals surface area (Å²) in [5.74, 6) is 0.558. The molecule has 1 aliphatic heterocycles. The lowest BCUT2D eigenvalue weighted by molar-refractivity contribution is -0.136. The minimum Gasteiger partial charge on any atom is -0.481 e. The highest BCUT2D eigenvalue weighted by Crippen LogP contribution is 2.40. The molecule has 0 spiro atoms. The Hall–Kier alpha value is -1.23. The SMILES string of the molecule is O=C(O)CCc1cc(Br)c2c(c1)OCO2. The van der Waals surface area contributed by atoms with E-state index in [1.807, 2.05) is 12.1 Å². The average Bonchev–Trinajstić information content (AvgIpc) is 2.63. The van der Waals surface area contributed by atoms with E-state index < -0.39 is 5.97 Å². The van der Waals surface area contributed by atoms with Crippen molar-refractivity contribution in [2.24, 2.45) is 0 Å². The Labute approximate surface area is 94.9 Å². The van der Waals surface area contributed by atoms with E-state index in [0.29, 0.717) is 17.9 Å². The lowest BCUT2D eigenvalue weighted by Crippen LogP contribution is -1.97. The molecule has 5 heteroatoms. The summed E-state index contributed by atoms with van der Waals surface area (Å²) < 4.78 is 11.3. The number of benzene rings is 1. The van der Waals surface area contributed by atoms with E-state index >= 15 is 0 Å². The van der Waals surface area contributed by atoms with Gasteiger partial charge in [-0.25, -0.2) is 0 Å². The van der Waals surface area contributed by atoms with Crippen LogP contribution in [0.1, 0.15) is 12.0 Å². The number of rotatable bonds is 3. The van der Waals surface area contributed by atoms with E-state index in [1.54, 1.807) is 0 Å². The maximum Gasteiger partial charge on any atom is 0.303 e. The summed E-state index contributed by atoms with van der Waals surface area (Å²) in [5.41, 5.74) is 0.925. The standard InChI is InChI=1S/C10H9BrO4/c11-7-3-6(1-2-9(12)13)4-8-10(7)15-5-14-8/h3-4H,1-2,5H2,(H,12,13). The molecule has 4 nitrogen and oxygen atoms in total. The van der Waals surface area contributed by atoms with Gasteiger partial charge in [0.25, 0.3) is 0 Å². The van der Waals surface area contributed by atoms with Crippen LogP contribution in [0.4, 0.5) is 0 Å². The van der Waals surface area contributed by atoms with Gasteiger partial charge in [-0.3, -0.25) is 4.79 Å². The molecule has 0 saturated heterocycles. The number of carboxylic acid groups (broad SMARTS) is 1. The lowest BCUT2D eigenvalue weighted by atomic mass is 10.1. The maximum atomic E-state index is 10.4. The zero-order chi connectivity index (χ0) is 10.8. The van der Waals surface area contributed by atoms with Crippen LogP contribution in [0.5, 0.6) is 11.5 Å². The van der Waals surface area contributed by atoms with Gasteiger partial charge in [0.2, 0.25) is 6.79 Å². The summed E-state index contributed by atoms with van der Waals surface area (Å²) in [4.78, 5) is 10.4. The van der Waals surface area contributed by atoms with Crippen LogP contribution in [0.15, 0.2) is 16.6 Å². The van der Waals surface area contributed by atoms with Crippen molar-refractivity contribution < 1.29 is 19.4 Å². The third-order valence-electron chi connectivity index (χ3n) is 2.11. The predicted molar refractivity (Wildman–Crippen MR) is 56.2 cm³/mol. The second-order valence-corrected chi connectivity index (χ2v) is 4.06. The van der Waals surface area contributed by atoms with Crippen molar-refractivity contribution in [1.29, 1.82) is 0 Å². The van der Waals surface area contributed by atoms with Gasteiger partial charge >= 0.3 is 5.97 Å². The predicted octanol–water partition coefficient (Wildman–Crippen LogP) is 2.20. The minimum absolute atomic E-state index is 0.117. The third kappa shape index (κ3) is 2.23. The van der Waals surface area contributed by atoms with Crippen LogP contribution < -0.4 is 9.47 Å². The Morgan fingerprint density at radius 2 is 2.27 bits per heavy atom. The van der Waals surface area contributed by atoms with Crippen molar-refractivity contribution in [3.05, 3.63) is 22.2 Å². The summed E-state index contributed by atoms with van der Waals surface area (Å²) in [6.07, 6.45) is 0.608. The van der Waals surface area contributed by atoms with Gasteiger partial charge in [0.05, 0.1) is 4.47 Å². The first-order valence-corrected chi connectivity index (χ1v) is 5.26. The molecule has 0 aliphatic carbocycles. The molecule has 1 heterocycles. The Bertz CT molecular complexity index is 403. The van der Waals surface area contributed by atoms with E-state index in [2.05, 4.69) is 15.9 Å². The molecule has 0 bridgehead atoms. The monoisotopic (exact) mass is 272 g/mol. The van der Waals surface area contributed by atoms with Crippen LogP contribution in [0.2, 0.25) is 0 Å². The Morgan fingerprint density at radius 3 is 3.00 bits per heavy atom. The van der Waals surface area contributed by atoms with Crippen LogP contribution >= 0.6 is 15.9 Å². The molecule has 0 fully saturated rings. The molecule has 2 rings (SSSR count). The van der Waals surface area contributed by atoms with E-state index in [4.69, 9.17) is 14.6 Å². The molecule has 15 heavy (non-hydrogen) atoms. The largest absolute Gasteiger partial charge is 0.481 e. The average molecular weight is 273 g/mol. The van der Waals surface area contributed by atoms with Crippen molar-refractivity contribution in [1.82, 2.24) is 0 Å². The Morgan fingerprint density at radius 1 is 1.47 bits per heavy atom. The van der Waals surface area contributed by atoms with Crippen molar-refractivity contribution >= 4 is 21.9 Å². The van der Waals surface area contributed by atoms with Gasteiger partial charge in [0.15, 0.2) is 11.5 Å². The van der Waals surface area contributed by atoms with Gasteiger partial charge in [-0.15, -0.1) is 0 Å². The molecule has 1 N–H and O–H groups in total. The molecule has 0 radical (unpaired) electrons. The topological polar surface area (TPSA) is 55.8 Å². The molecule has 0 aromatic heterocycles. The van der Waals surface area contributed by atoms with Crippen molar-refractivity contribution in [2.75, 3.05) is 6.79 Å². The van der Waals surface area contributed by atoms with Gasteiger partial charge in [0.1, 0.15) is 0 Å². The van der Waals surface area contributed by atoms with E-state index in [0.717, 1.165) is 10.0 Å². The number of hydrogen-bond donors (Lipinski definition) is 1. The highest BCUT2D eigenvalue weighted by molar-refractivity contribution is 9.10. The summed E-state index contributed by atoms with van der Waals surface area (Å²) in [6, 6.07) is 3.67. The van der Waals surface area contributed by atoms with Gasteiger partial charge in [-0.05, 0) is 40.0 Å². The van der Waals surface area contributed by atoms with Crippen molar-refractivity contribution in [3.63, 3.8) is 0 Å². The number of ether oxygens (including phenoxy) is 2. The fraction of sp³-hybridized carbons (Fsp3) is 0.300. The first-order valence-electron chi connectivity index (χ1n) is 4.46. The molecule has 0 unspecified atom stereocenters. The van der Waals surface area contributed by atoms with Gasteiger partial charge in [-0.1, -0.05) is 0 Å². The summed E-state index contributed by atoms with van der Waals surface area (Å²) in [7, 11) is 0. The molecule has 0 amide bonds. The smallest absolute Gasteiger partial charge is 0.303 e. The molecule has 80 valence electrons. The zero-order valence-electron chi connectivity index (χ0n) is 7.83. The molecule has 0 saturated carbocycles. The second-order valence-electron chi connectivity index (χ2n) is 3.21. The molecule has 0 atom stereocenters. The van der Waals surface area contributed by atoms with E-state index in [1.165, 1.54) is 0 Å². The van der Waals surface area contributed by atoms with Gasteiger partial charge in [0, 0.05) is 6.42 Å². The Kier molecular flexibility index (Phi) is 2.81. The van der Waals surface area contributed by atoms with E-state index in [-0.39, 0.29) is 13.2 Å². The summed E-state index contributed by atoms with van der Waals surface area (Å²) >= 11 is 3.35. The summed E-state index contributed by atoms with van der Waals surface area (Å²) in [5, 5.41) is 8.57. The Balaban J connectivity index is 2.20. The van der Waals surface area contributed by atoms with Gasteiger partial charge in [-0.2, -0.15) is 0 Å². The van der Waals surface area contributed by atoms with E-state index in [9.17, 15) is 4.79 Å². The first kappa shape index (κ1) is 10.3. The van der Waals surface area contributed by atoms with Crippen LogP contribution in [0.3, 0.4) is 0 Å². The summed E-state index contributed by atoms with van der Waals surface area (Å²) in [6.45, 7) is 0.219. The number of aliphatic carboxylic acids is 1. The quantitative estimate of drug-likeness (QED) is 0.917. The first-order chi connectivity index (χ1) is 7.16. The molecule has 1 aliphatic rings. The highest BCUT2D eigenvalue weighted by atomic mass is 79.9. The third-order valence-corrected chi connectivity index (χ3v) is 2.70. The number of carbonyl (C=O) groups is 1. The van der Waals surface area contributed by atoms with Crippen molar-refractivity contribution in [3.8, 4) is 11.5 Å². The molecular formula is C10H9BrO4. The zero-order valence-corrected chi connectivity index (χ0v) is 9.41. The number of carboxylic acids is 1. The second kappa shape index (κ2) is 4.10. The fourth-order valence-electron chi connectivity index (χ4n) is 1.42. The molecule has 1 aromatic carbocycles. The molecular weight excluding hydrogens is 264 g/mol. The van der Waals surface area contributed by atoms with Crippen molar-refractivity contribution in [2.45, 2.75) is 12.8 Å². The number of halogens is 1.